The summed E-state index contributed by atoms with van der Waals surface area (Å²) in [5.74, 6) is 2.47. The van der Waals surface area contributed by atoms with Crippen molar-refractivity contribution in [3.05, 3.63) is 42.0 Å². The molecule has 2 N–H and O–H groups in total. The van der Waals surface area contributed by atoms with Crippen molar-refractivity contribution in [2.24, 2.45) is 12.0 Å². The number of benzene rings is 1. The molecule has 0 atom stereocenters. The monoisotopic (exact) mass is 529 g/mol. The Labute approximate surface area is 195 Å². The third kappa shape index (κ3) is 7.73. The van der Waals surface area contributed by atoms with E-state index < -0.39 is 0 Å². The Balaban J connectivity index is 0.00000320. The van der Waals surface area contributed by atoms with Crippen LogP contribution in [-0.2, 0) is 24.9 Å². The molecule has 1 aromatic heterocycles. The summed E-state index contributed by atoms with van der Waals surface area (Å²) in [6.07, 6.45) is 1.55. The van der Waals surface area contributed by atoms with Gasteiger partial charge in [0.25, 0.3) is 0 Å². The smallest absolute Gasteiger partial charge is 0.191 e. The number of aromatic nitrogens is 3. The summed E-state index contributed by atoms with van der Waals surface area (Å²) < 4.78 is 13.2. The van der Waals surface area contributed by atoms with E-state index in [4.69, 9.17) is 14.5 Å². The van der Waals surface area contributed by atoms with E-state index in [0.717, 1.165) is 62.5 Å². The summed E-state index contributed by atoms with van der Waals surface area (Å²) in [7, 11) is 1.87. The second-order valence-electron chi connectivity index (χ2n) is 6.76. The molecule has 9 nitrogen and oxygen atoms in total. The van der Waals surface area contributed by atoms with Gasteiger partial charge in [0, 0.05) is 38.8 Å². The van der Waals surface area contributed by atoms with Crippen molar-refractivity contribution in [1.82, 2.24) is 30.3 Å². The van der Waals surface area contributed by atoms with Crippen molar-refractivity contribution in [3.63, 3.8) is 0 Å². The first-order chi connectivity index (χ1) is 14.3. The van der Waals surface area contributed by atoms with E-state index in [1.807, 2.05) is 32.2 Å². The van der Waals surface area contributed by atoms with Gasteiger partial charge < -0.3 is 20.1 Å². The minimum atomic E-state index is 0. The molecule has 0 unspecified atom stereocenters. The first-order valence-corrected chi connectivity index (χ1v) is 10.1. The van der Waals surface area contributed by atoms with E-state index in [-0.39, 0.29) is 24.0 Å². The Kier molecular flexibility index (Phi) is 10.9. The van der Waals surface area contributed by atoms with Crippen molar-refractivity contribution in [3.8, 4) is 5.75 Å². The number of aliphatic imine (C=N–C) groups is 1. The average molecular weight is 529 g/mol. The molecule has 30 heavy (non-hydrogen) atoms. The zero-order valence-electron chi connectivity index (χ0n) is 17.7. The zero-order chi connectivity index (χ0) is 20.3. The summed E-state index contributed by atoms with van der Waals surface area (Å²) in [5.41, 5.74) is 1.06. The van der Waals surface area contributed by atoms with Crippen molar-refractivity contribution < 1.29 is 9.47 Å². The number of morpholine rings is 1. The fourth-order valence-electron chi connectivity index (χ4n) is 3.03. The molecule has 10 heteroatoms. The predicted octanol–water partition coefficient (Wildman–Crippen LogP) is 1.40. The van der Waals surface area contributed by atoms with Crippen LogP contribution in [0.25, 0.3) is 0 Å². The van der Waals surface area contributed by atoms with Gasteiger partial charge in [-0.2, -0.15) is 5.10 Å². The van der Waals surface area contributed by atoms with Crippen LogP contribution in [0.2, 0.25) is 0 Å². The number of hydrogen-bond donors (Lipinski definition) is 2. The number of guanidine groups is 1. The molecule has 0 aliphatic carbocycles. The molecular weight excluding hydrogens is 497 g/mol. The number of rotatable bonds is 9. The van der Waals surface area contributed by atoms with Crippen LogP contribution in [-0.4, -0.2) is 71.6 Å². The minimum absolute atomic E-state index is 0. The van der Waals surface area contributed by atoms with Crippen molar-refractivity contribution >= 4 is 29.9 Å². The second-order valence-corrected chi connectivity index (χ2v) is 6.76. The van der Waals surface area contributed by atoms with Crippen LogP contribution in [0.4, 0.5) is 0 Å². The average Bonchev–Trinajstić information content (AvgIpc) is 3.16. The maximum Gasteiger partial charge on any atom is 0.191 e. The van der Waals surface area contributed by atoms with Gasteiger partial charge in [0.2, 0.25) is 0 Å². The highest BCUT2D eigenvalue weighted by molar-refractivity contribution is 14.0. The number of para-hydroxylation sites is 1. The zero-order valence-corrected chi connectivity index (χ0v) is 20.0. The lowest BCUT2D eigenvalue weighted by Gasteiger charge is -2.26. The van der Waals surface area contributed by atoms with E-state index in [2.05, 4.69) is 31.7 Å². The van der Waals surface area contributed by atoms with Gasteiger partial charge in [0.05, 0.1) is 26.3 Å². The fraction of sp³-hybridized carbons (Fsp3) is 0.550. The Morgan fingerprint density at radius 3 is 2.77 bits per heavy atom. The molecule has 1 aromatic carbocycles. The molecule has 1 aliphatic rings. The topological polar surface area (TPSA) is 88.8 Å². The standard InChI is InChI=1S/C20H31N7O2.HI/c1-3-21-20(23-15-19-24-16-25-26(19)2)22-14-17-6-4-5-7-18(17)29-13-10-27-8-11-28-12-9-27;/h4-7,16H,3,8-15H2,1-2H3,(H2,21,22,23);1H. The molecule has 2 heterocycles. The summed E-state index contributed by atoms with van der Waals surface area (Å²) in [6.45, 7) is 9.03. The van der Waals surface area contributed by atoms with Gasteiger partial charge >= 0.3 is 0 Å². The lowest BCUT2D eigenvalue weighted by atomic mass is 10.2. The van der Waals surface area contributed by atoms with E-state index in [1.54, 1.807) is 11.0 Å². The largest absolute Gasteiger partial charge is 0.492 e. The van der Waals surface area contributed by atoms with Crippen LogP contribution in [0.5, 0.6) is 5.75 Å². The number of nitrogens with one attached hydrogen (secondary N) is 2. The first kappa shape index (κ1) is 24.4. The second kappa shape index (κ2) is 13.4. The van der Waals surface area contributed by atoms with Crippen LogP contribution in [0, 0.1) is 0 Å². The van der Waals surface area contributed by atoms with Crippen LogP contribution >= 0.6 is 24.0 Å². The van der Waals surface area contributed by atoms with Crippen LogP contribution in [0.1, 0.15) is 18.3 Å². The molecule has 0 radical (unpaired) electrons. The predicted molar refractivity (Wildman–Crippen MR) is 127 cm³/mol. The van der Waals surface area contributed by atoms with E-state index in [0.29, 0.717) is 19.7 Å². The molecule has 0 amide bonds. The number of aryl methyl sites for hydroxylation is 1. The summed E-state index contributed by atoms with van der Waals surface area (Å²) in [4.78, 5) is 11.3. The highest BCUT2D eigenvalue weighted by Crippen LogP contribution is 2.19. The van der Waals surface area contributed by atoms with Crippen LogP contribution < -0.4 is 15.4 Å². The van der Waals surface area contributed by atoms with Crippen molar-refractivity contribution in [1.29, 1.82) is 0 Å². The number of halogens is 1. The van der Waals surface area contributed by atoms with Gasteiger partial charge in [-0.25, -0.2) is 9.98 Å². The maximum absolute atomic E-state index is 6.05. The van der Waals surface area contributed by atoms with E-state index in [9.17, 15) is 0 Å². The molecule has 1 saturated heterocycles. The summed E-state index contributed by atoms with van der Waals surface area (Å²) in [6, 6.07) is 8.07. The van der Waals surface area contributed by atoms with E-state index in [1.165, 1.54) is 0 Å². The van der Waals surface area contributed by atoms with Gasteiger partial charge in [-0.3, -0.25) is 9.58 Å². The first-order valence-electron chi connectivity index (χ1n) is 10.1. The Bertz CT molecular complexity index is 778. The number of hydrogen-bond acceptors (Lipinski definition) is 6. The fourth-order valence-corrected chi connectivity index (χ4v) is 3.03. The van der Waals surface area contributed by atoms with Crippen LogP contribution in [0.15, 0.2) is 35.6 Å². The summed E-state index contributed by atoms with van der Waals surface area (Å²) >= 11 is 0. The van der Waals surface area contributed by atoms with Gasteiger partial charge in [0.15, 0.2) is 5.96 Å². The lowest BCUT2D eigenvalue weighted by Crippen LogP contribution is -2.38. The van der Waals surface area contributed by atoms with E-state index >= 15 is 0 Å². The lowest BCUT2D eigenvalue weighted by molar-refractivity contribution is 0.0322. The molecule has 3 rings (SSSR count). The molecule has 0 bridgehead atoms. The van der Waals surface area contributed by atoms with Crippen molar-refractivity contribution in [2.45, 2.75) is 20.0 Å². The minimum Gasteiger partial charge on any atom is -0.492 e. The van der Waals surface area contributed by atoms with Gasteiger partial charge in [0.1, 0.15) is 24.5 Å². The third-order valence-corrected chi connectivity index (χ3v) is 4.71. The van der Waals surface area contributed by atoms with Crippen LogP contribution in [0.3, 0.4) is 0 Å². The van der Waals surface area contributed by atoms with Gasteiger partial charge in [-0.1, -0.05) is 18.2 Å². The molecular formula is C20H32IN7O2. The Morgan fingerprint density at radius 2 is 2.03 bits per heavy atom. The summed E-state index contributed by atoms with van der Waals surface area (Å²) in [5, 5.41) is 10.6. The highest BCUT2D eigenvalue weighted by Gasteiger charge is 2.11. The van der Waals surface area contributed by atoms with Crippen molar-refractivity contribution in [2.75, 3.05) is 46.0 Å². The van der Waals surface area contributed by atoms with Gasteiger partial charge in [-0.05, 0) is 13.0 Å². The maximum atomic E-state index is 6.05. The third-order valence-electron chi connectivity index (χ3n) is 4.71. The molecule has 1 aliphatic heterocycles. The molecule has 1 fully saturated rings. The normalized spacial score (nSPS) is 14.8. The molecule has 0 saturated carbocycles. The quantitative estimate of drug-likeness (QED) is 0.289. The number of ether oxygens (including phenoxy) is 2. The molecule has 166 valence electrons. The molecule has 2 aromatic rings. The highest BCUT2D eigenvalue weighted by atomic mass is 127. The number of nitrogens with zero attached hydrogens (tertiary/aromatic N) is 5. The molecule has 0 spiro atoms. The Hall–Kier alpha value is -1.92. The Morgan fingerprint density at radius 1 is 1.23 bits per heavy atom. The SMILES string of the molecule is CCNC(=NCc1ccccc1OCCN1CCOCC1)NCc1ncnn1C.I. The van der Waals surface area contributed by atoms with Gasteiger partial charge in [-0.15, -0.1) is 24.0 Å².